The summed E-state index contributed by atoms with van der Waals surface area (Å²) >= 11 is 0. The van der Waals surface area contributed by atoms with Crippen LogP contribution < -0.4 is 9.47 Å². The van der Waals surface area contributed by atoms with E-state index in [1.54, 1.807) is 29.2 Å². The van der Waals surface area contributed by atoms with E-state index in [1.165, 1.54) is 0 Å². The van der Waals surface area contributed by atoms with Gasteiger partial charge in [-0.2, -0.15) is 0 Å². The van der Waals surface area contributed by atoms with Gasteiger partial charge in [0.15, 0.2) is 0 Å². The predicted octanol–water partition coefficient (Wildman–Crippen LogP) is 5.20. The molecule has 8 heteroatoms. The smallest absolute Gasteiger partial charge is 0.295 e. The summed E-state index contributed by atoms with van der Waals surface area (Å²) in [5.41, 5.74) is 2.32. The molecule has 1 N–H and O–H groups in total. The molecule has 2 fully saturated rings. The summed E-state index contributed by atoms with van der Waals surface area (Å²) in [6.07, 6.45) is 1.59. The van der Waals surface area contributed by atoms with Crippen LogP contribution in [0.5, 0.6) is 11.5 Å². The number of aliphatic hydroxyl groups excluding tert-OH is 1. The van der Waals surface area contributed by atoms with Gasteiger partial charge >= 0.3 is 0 Å². The minimum absolute atomic E-state index is 0.0894. The van der Waals surface area contributed by atoms with Gasteiger partial charge in [0.1, 0.15) is 23.9 Å². The summed E-state index contributed by atoms with van der Waals surface area (Å²) in [5.74, 6) is -0.124. The molecule has 220 valence electrons. The summed E-state index contributed by atoms with van der Waals surface area (Å²) in [7, 11) is 0. The fourth-order valence-electron chi connectivity index (χ4n) is 5.32. The maximum atomic E-state index is 13.4. The fraction of sp³-hybridized carbons (Fsp3) is 0.353. The first-order chi connectivity index (χ1) is 20.5. The van der Waals surface area contributed by atoms with Crippen molar-refractivity contribution in [2.75, 3.05) is 46.0 Å². The Morgan fingerprint density at radius 1 is 0.881 bits per heavy atom. The third-order valence-electron chi connectivity index (χ3n) is 7.56. The number of benzene rings is 3. The van der Waals surface area contributed by atoms with Crippen molar-refractivity contribution in [3.05, 3.63) is 101 Å². The number of aliphatic hydroxyl groups is 1. The van der Waals surface area contributed by atoms with Gasteiger partial charge in [0.2, 0.25) is 0 Å². The molecule has 2 aliphatic heterocycles. The lowest BCUT2D eigenvalue weighted by atomic mass is 9.95. The first-order valence-corrected chi connectivity index (χ1v) is 14.6. The lowest BCUT2D eigenvalue weighted by Gasteiger charge is -2.29. The van der Waals surface area contributed by atoms with Gasteiger partial charge in [0.05, 0.1) is 31.4 Å². The van der Waals surface area contributed by atoms with Gasteiger partial charge in [-0.3, -0.25) is 14.5 Å². The number of amides is 1. The molecule has 5 rings (SSSR count). The second-order valence-electron chi connectivity index (χ2n) is 10.5. The number of hydrogen-bond acceptors (Lipinski definition) is 7. The van der Waals surface area contributed by atoms with Gasteiger partial charge in [-0.15, -0.1) is 0 Å². The van der Waals surface area contributed by atoms with Crippen molar-refractivity contribution in [3.63, 3.8) is 0 Å². The normalized spacial score (nSPS) is 18.8. The molecule has 1 amide bonds. The molecular formula is C34H38N2O6. The van der Waals surface area contributed by atoms with E-state index in [0.717, 1.165) is 42.9 Å². The maximum absolute atomic E-state index is 13.4. The largest absolute Gasteiger partial charge is 0.507 e. The van der Waals surface area contributed by atoms with Crippen LogP contribution in [-0.4, -0.2) is 72.6 Å². The monoisotopic (exact) mass is 570 g/mol. The summed E-state index contributed by atoms with van der Waals surface area (Å²) in [5, 5.41) is 11.4. The van der Waals surface area contributed by atoms with E-state index in [-0.39, 0.29) is 11.3 Å². The van der Waals surface area contributed by atoms with E-state index >= 15 is 0 Å². The van der Waals surface area contributed by atoms with E-state index in [1.807, 2.05) is 61.5 Å². The van der Waals surface area contributed by atoms with Gasteiger partial charge in [-0.1, -0.05) is 49.4 Å². The summed E-state index contributed by atoms with van der Waals surface area (Å²) < 4.78 is 17.1. The quantitative estimate of drug-likeness (QED) is 0.182. The average Bonchev–Trinajstić information content (AvgIpc) is 3.29. The van der Waals surface area contributed by atoms with E-state index in [0.29, 0.717) is 50.7 Å². The van der Waals surface area contributed by atoms with Crippen LogP contribution in [0.1, 0.15) is 42.5 Å². The van der Waals surface area contributed by atoms with Gasteiger partial charge in [-0.25, -0.2) is 0 Å². The molecule has 3 aromatic carbocycles. The highest BCUT2D eigenvalue weighted by molar-refractivity contribution is 6.46. The second kappa shape index (κ2) is 14.2. The first-order valence-electron chi connectivity index (χ1n) is 14.6. The van der Waals surface area contributed by atoms with Crippen LogP contribution in [0, 0.1) is 0 Å². The van der Waals surface area contributed by atoms with Gasteiger partial charge < -0.3 is 24.2 Å². The molecule has 0 aromatic heterocycles. The van der Waals surface area contributed by atoms with Crippen molar-refractivity contribution in [1.82, 2.24) is 9.80 Å². The van der Waals surface area contributed by atoms with E-state index < -0.39 is 17.7 Å². The number of rotatable bonds is 12. The Hall–Kier alpha value is -4.14. The molecule has 3 aromatic rings. The van der Waals surface area contributed by atoms with Crippen molar-refractivity contribution < 1.29 is 28.9 Å². The molecule has 0 radical (unpaired) electrons. The lowest BCUT2D eigenvalue weighted by Crippen LogP contribution is -2.38. The van der Waals surface area contributed by atoms with Gasteiger partial charge in [0.25, 0.3) is 11.7 Å². The van der Waals surface area contributed by atoms with Crippen LogP contribution in [0.25, 0.3) is 5.76 Å². The summed E-state index contributed by atoms with van der Waals surface area (Å²) in [6.45, 7) is 7.36. The van der Waals surface area contributed by atoms with Crippen LogP contribution in [0.2, 0.25) is 0 Å². The number of nitrogens with zero attached hydrogens (tertiary/aromatic N) is 2. The van der Waals surface area contributed by atoms with Crippen LogP contribution in [0.4, 0.5) is 0 Å². The highest BCUT2D eigenvalue weighted by Gasteiger charge is 2.45. The number of hydrogen-bond donors (Lipinski definition) is 1. The molecule has 2 heterocycles. The van der Waals surface area contributed by atoms with E-state index in [9.17, 15) is 14.7 Å². The molecule has 0 spiro atoms. The van der Waals surface area contributed by atoms with Crippen molar-refractivity contribution in [1.29, 1.82) is 0 Å². The maximum Gasteiger partial charge on any atom is 0.295 e. The molecule has 2 saturated heterocycles. The van der Waals surface area contributed by atoms with E-state index in [2.05, 4.69) is 4.90 Å². The minimum Gasteiger partial charge on any atom is -0.507 e. The molecular weight excluding hydrogens is 532 g/mol. The Labute approximate surface area is 247 Å². The third-order valence-corrected chi connectivity index (χ3v) is 7.56. The molecule has 0 aliphatic carbocycles. The first kappa shape index (κ1) is 29.4. The zero-order valence-corrected chi connectivity index (χ0v) is 24.0. The second-order valence-corrected chi connectivity index (χ2v) is 10.5. The highest BCUT2D eigenvalue weighted by atomic mass is 16.5. The summed E-state index contributed by atoms with van der Waals surface area (Å²) in [4.78, 5) is 30.7. The van der Waals surface area contributed by atoms with Crippen molar-refractivity contribution in [3.8, 4) is 11.5 Å². The Balaban J connectivity index is 1.39. The van der Waals surface area contributed by atoms with Crippen LogP contribution >= 0.6 is 0 Å². The number of carbonyl (C=O) groups excluding carboxylic acids is 2. The van der Waals surface area contributed by atoms with Crippen LogP contribution in [-0.2, 0) is 20.9 Å². The zero-order valence-electron chi connectivity index (χ0n) is 24.0. The van der Waals surface area contributed by atoms with Crippen LogP contribution in [0.3, 0.4) is 0 Å². The summed E-state index contributed by atoms with van der Waals surface area (Å²) in [6, 6.07) is 23.5. The Morgan fingerprint density at radius 3 is 2.24 bits per heavy atom. The SMILES string of the molecule is CCCOc1ccc(C2/C(=C(\O)c3ccc(OCc4ccccc4)cc3)C(=O)C(=O)N2CCCN2CCOCC2)cc1. The molecule has 0 saturated carbocycles. The molecule has 42 heavy (non-hydrogen) atoms. The molecule has 2 aliphatic rings. The molecule has 1 atom stereocenters. The fourth-order valence-corrected chi connectivity index (χ4v) is 5.32. The Bertz CT molecular complexity index is 1370. The van der Waals surface area contributed by atoms with Gasteiger partial charge in [0, 0.05) is 31.7 Å². The van der Waals surface area contributed by atoms with Crippen LogP contribution in [0.15, 0.2) is 84.4 Å². The Morgan fingerprint density at radius 2 is 1.55 bits per heavy atom. The van der Waals surface area contributed by atoms with Crippen molar-refractivity contribution in [2.24, 2.45) is 0 Å². The number of morpholine rings is 1. The highest BCUT2D eigenvalue weighted by Crippen LogP contribution is 2.40. The van der Waals surface area contributed by atoms with Gasteiger partial charge in [-0.05, 0) is 60.4 Å². The zero-order chi connectivity index (χ0) is 29.3. The number of likely N-dealkylation sites (tertiary alicyclic amines) is 1. The average molecular weight is 571 g/mol. The topological polar surface area (TPSA) is 88.5 Å². The molecule has 1 unspecified atom stereocenters. The molecule has 0 bridgehead atoms. The minimum atomic E-state index is -0.705. The number of carbonyl (C=O) groups is 2. The number of Topliss-reactive ketones (excluding diaryl/α,β-unsaturated/α-hetero) is 1. The number of ketones is 1. The third kappa shape index (κ3) is 7.01. The number of ether oxygens (including phenoxy) is 3. The Kier molecular flexibility index (Phi) is 9.90. The van der Waals surface area contributed by atoms with E-state index in [4.69, 9.17) is 14.2 Å². The standard InChI is InChI=1S/C34H38N2O6/c1-2-21-41-28-13-9-26(10-14-28)31-30(33(38)34(39)36(31)18-6-17-35-19-22-40-23-20-35)32(37)27-11-15-29(16-12-27)42-24-25-7-4-3-5-8-25/h3-5,7-16,31,37H,2,6,17-24H2,1H3/b32-30+. The van der Waals surface area contributed by atoms with Crippen molar-refractivity contribution in [2.45, 2.75) is 32.4 Å². The molecule has 8 nitrogen and oxygen atoms in total. The predicted molar refractivity (Wildman–Crippen MR) is 160 cm³/mol. The lowest BCUT2D eigenvalue weighted by molar-refractivity contribution is -0.140. The van der Waals surface area contributed by atoms with Crippen molar-refractivity contribution >= 4 is 17.4 Å².